The van der Waals surface area contributed by atoms with Crippen molar-refractivity contribution in [2.24, 2.45) is 7.05 Å². The molecule has 2 rings (SSSR count). The zero-order chi connectivity index (χ0) is 10.8. The maximum absolute atomic E-state index is 5.81. The van der Waals surface area contributed by atoms with E-state index in [2.05, 4.69) is 20.1 Å². The fraction of sp³-hybridized carbons (Fsp3) is 0.143. The number of halogens is 1. The molecule has 2 aromatic rings. The lowest BCUT2D eigenvalue weighted by Crippen LogP contribution is -1.97. The highest BCUT2D eigenvalue weighted by atomic mass is 35.5. The Bertz CT molecular complexity index is 484. The molecule has 0 aliphatic rings. The molecule has 8 heteroatoms. The van der Waals surface area contributed by atoms with Crippen molar-refractivity contribution in [3.05, 3.63) is 17.7 Å². The van der Waals surface area contributed by atoms with Crippen LogP contribution >= 0.6 is 11.6 Å². The first-order chi connectivity index (χ1) is 7.16. The van der Waals surface area contributed by atoms with Gasteiger partial charge in [0.2, 0.25) is 5.88 Å². The summed E-state index contributed by atoms with van der Waals surface area (Å²) in [5.41, 5.74) is 5.47. The summed E-state index contributed by atoms with van der Waals surface area (Å²) in [6, 6.07) is 0.150. The summed E-state index contributed by atoms with van der Waals surface area (Å²) >= 11 is 5.81. The molecule has 0 aliphatic carbocycles. The zero-order valence-corrected chi connectivity index (χ0v) is 8.51. The first-order valence-corrected chi connectivity index (χ1v) is 4.34. The largest absolute Gasteiger partial charge is 0.402 e. The van der Waals surface area contributed by atoms with Crippen LogP contribution in [0.3, 0.4) is 0 Å². The van der Waals surface area contributed by atoms with E-state index in [9.17, 15) is 0 Å². The van der Waals surface area contributed by atoms with Crippen LogP contribution in [-0.2, 0) is 7.05 Å². The van der Waals surface area contributed by atoms with Crippen molar-refractivity contribution >= 4 is 17.4 Å². The molecule has 15 heavy (non-hydrogen) atoms. The fourth-order valence-corrected chi connectivity index (χ4v) is 1.03. The third kappa shape index (κ3) is 1.96. The second-order valence-corrected chi connectivity index (χ2v) is 3.06. The lowest BCUT2D eigenvalue weighted by Gasteiger charge is -2.02. The van der Waals surface area contributed by atoms with Crippen LogP contribution in [0.25, 0.3) is 0 Å². The van der Waals surface area contributed by atoms with Crippen LogP contribution in [0.15, 0.2) is 12.7 Å². The van der Waals surface area contributed by atoms with E-state index in [0.29, 0.717) is 0 Å². The number of ether oxygens (including phenoxy) is 1. The van der Waals surface area contributed by atoms with Gasteiger partial charge in [-0.3, -0.25) is 4.68 Å². The summed E-state index contributed by atoms with van der Waals surface area (Å²) in [5.74, 6) is 0.285. The lowest BCUT2D eigenvalue weighted by molar-refractivity contribution is 0.422. The number of nitrogen functional groups attached to an aromatic ring is 1. The van der Waals surface area contributed by atoms with E-state index in [1.54, 1.807) is 7.05 Å². The van der Waals surface area contributed by atoms with Crippen molar-refractivity contribution in [1.82, 2.24) is 24.7 Å². The van der Waals surface area contributed by atoms with Crippen LogP contribution in [0, 0.1) is 0 Å². The second-order valence-electron chi connectivity index (χ2n) is 2.68. The van der Waals surface area contributed by atoms with Crippen molar-refractivity contribution < 1.29 is 4.74 Å². The molecule has 0 radical (unpaired) electrons. The molecule has 0 spiro atoms. The number of hydrogen-bond donors (Lipinski definition) is 1. The van der Waals surface area contributed by atoms with E-state index in [4.69, 9.17) is 22.1 Å². The normalized spacial score (nSPS) is 10.3. The molecular formula is C7H7ClN6O. The van der Waals surface area contributed by atoms with Gasteiger partial charge in [0.1, 0.15) is 23.5 Å². The SMILES string of the molecule is Cn1cnc(Oc2ncnc(N)c2Cl)n1. The highest BCUT2D eigenvalue weighted by molar-refractivity contribution is 6.34. The number of anilines is 1. The number of rotatable bonds is 2. The number of aryl methyl sites for hydroxylation is 1. The van der Waals surface area contributed by atoms with Gasteiger partial charge < -0.3 is 10.5 Å². The molecule has 0 aromatic carbocycles. The zero-order valence-electron chi connectivity index (χ0n) is 7.75. The third-order valence-corrected chi connectivity index (χ3v) is 1.91. The minimum absolute atomic E-state index is 0.135. The molecule has 0 unspecified atom stereocenters. The fourth-order valence-electron chi connectivity index (χ4n) is 0.890. The minimum Gasteiger partial charge on any atom is -0.402 e. The van der Waals surface area contributed by atoms with Gasteiger partial charge in [0.05, 0.1) is 0 Å². The predicted octanol–water partition coefficient (Wildman–Crippen LogP) is 0.633. The van der Waals surface area contributed by atoms with Crippen LogP contribution in [0.5, 0.6) is 11.9 Å². The molecule has 0 amide bonds. The molecule has 78 valence electrons. The van der Waals surface area contributed by atoms with Gasteiger partial charge in [-0.15, -0.1) is 5.10 Å². The maximum Gasteiger partial charge on any atom is 0.342 e. The highest BCUT2D eigenvalue weighted by Gasteiger charge is 2.10. The van der Waals surface area contributed by atoms with Crippen molar-refractivity contribution in [3.63, 3.8) is 0 Å². The highest BCUT2D eigenvalue weighted by Crippen LogP contribution is 2.27. The van der Waals surface area contributed by atoms with Crippen molar-refractivity contribution in [2.45, 2.75) is 0 Å². The smallest absolute Gasteiger partial charge is 0.342 e. The Labute approximate surface area is 89.9 Å². The lowest BCUT2D eigenvalue weighted by atomic mass is 10.6. The first-order valence-electron chi connectivity index (χ1n) is 3.96. The third-order valence-electron chi connectivity index (χ3n) is 1.55. The van der Waals surface area contributed by atoms with Crippen LogP contribution in [-0.4, -0.2) is 24.7 Å². The Morgan fingerprint density at radius 2 is 2.20 bits per heavy atom. The number of nitrogens with zero attached hydrogens (tertiary/aromatic N) is 5. The van der Waals surface area contributed by atoms with Gasteiger partial charge in [0.15, 0.2) is 0 Å². The monoisotopic (exact) mass is 226 g/mol. The van der Waals surface area contributed by atoms with Gasteiger partial charge in [-0.05, 0) is 0 Å². The van der Waals surface area contributed by atoms with Crippen LogP contribution in [0.1, 0.15) is 0 Å². The van der Waals surface area contributed by atoms with E-state index in [1.807, 2.05) is 0 Å². The predicted molar refractivity (Wildman–Crippen MR) is 52.5 cm³/mol. The first kappa shape index (κ1) is 9.66. The van der Waals surface area contributed by atoms with E-state index in [0.717, 1.165) is 0 Å². The molecule has 0 fully saturated rings. The summed E-state index contributed by atoms with van der Waals surface area (Å²) in [5, 5.41) is 4.04. The Kier molecular flexibility index (Phi) is 2.38. The molecule has 0 aliphatic heterocycles. The van der Waals surface area contributed by atoms with E-state index in [1.165, 1.54) is 17.3 Å². The Hall–Kier alpha value is -1.89. The van der Waals surface area contributed by atoms with Gasteiger partial charge >= 0.3 is 6.01 Å². The average Bonchev–Trinajstić information content (AvgIpc) is 2.59. The minimum atomic E-state index is 0.135. The summed E-state index contributed by atoms with van der Waals surface area (Å²) < 4.78 is 6.70. The number of hydrogen-bond acceptors (Lipinski definition) is 6. The van der Waals surface area contributed by atoms with E-state index >= 15 is 0 Å². The maximum atomic E-state index is 5.81. The molecule has 7 nitrogen and oxygen atoms in total. The van der Waals surface area contributed by atoms with Crippen molar-refractivity contribution in [3.8, 4) is 11.9 Å². The standard InChI is InChI=1S/C7H7ClN6O/c1-14-3-12-7(13-14)15-6-4(8)5(9)10-2-11-6/h2-3H,1H3,(H2,9,10,11). The summed E-state index contributed by atoms with van der Waals surface area (Å²) in [6.45, 7) is 0. The molecule has 0 saturated heterocycles. The van der Waals surface area contributed by atoms with Crippen LogP contribution in [0.4, 0.5) is 5.82 Å². The van der Waals surface area contributed by atoms with E-state index < -0.39 is 0 Å². The molecule has 2 aromatic heterocycles. The molecule has 2 heterocycles. The van der Waals surface area contributed by atoms with Gasteiger partial charge in [0.25, 0.3) is 0 Å². The van der Waals surface area contributed by atoms with E-state index in [-0.39, 0.29) is 22.7 Å². The summed E-state index contributed by atoms with van der Waals surface area (Å²) in [6.07, 6.45) is 2.74. The van der Waals surface area contributed by atoms with Crippen molar-refractivity contribution in [2.75, 3.05) is 5.73 Å². The Balaban J connectivity index is 2.28. The molecular weight excluding hydrogens is 220 g/mol. The summed E-state index contributed by atoms with van der Waals surface area (Å²) in [4.78, 5) is 11.4. The second kappa shape index (κ2) is 3.70. The van der Waals surface area contributed by atoms with Gasteiger partial charge in [-0.2, -0.15) is 9.97 Å². The average molecular weight is 227 g/mol. The van der Waals surface area contributed by atoms with Gasteiger partial charge in [-0.25, -0.2) is 4.98 Å². The van der Waals surface area contributed by atoms with Gasteiger partial charge in [0, 0.05) is 7.05 Å². The quantitative estimate of drug-likeness (QED) is 0.808. The Morgan fingerprint density at radius 3 is 2.87 bits per heavy atom. The van der Waals surface area contributed by atoms with Crippen LogP contribution < -0.4 is 10.5 Å². The number of nitrogens with two attached hydrogens (primary N) is 1. The topological polar surface area (TPSA) is 91.7 Å². The van der Waals surface area contributed by atoms with Crippen molar-refractivity contribution in [1.29, 1.82) is 0 Å². The molecule has 0 bridgehead atoms. The number of aromatic nitrogens is 5. The molecule has 0 atom stereocenters. The summed E-state index contributed by atoms with van der Waals surface area (Å²) in [7, 11) is 1.72. The molecule has 2 N–H and O–H groups in total. The van der Waals surface area contributed by atoms with Gasteiger partial charge in [-0.1, -0.05) is 11.6 Å². The van der Waals surface area contributed by atoms with Crippen LogP contribution in [0.2, 0.25) is 5.02 Å². The Morgan fingerprint density at radius 1 is 1.40 bits per heavy atom. The molecule has 0 saturated carbocycles.